The van der Waals surface area contributed by atoms with Crippen LogP contribution in [0.3, 0.4) is 0 Å². The molecule has 1 saturated heterocycles. The Labute approximate surface area is 224 Å². The van der Waals surface area contributed by atoms with Crippen LogP contribution in [-0.2, 0) is 29.6 Å². The van der Waals surface area contributed by atoms with E-state index in [0.717, 1.165) is 21.3 Å². The Bertz CT molecular complexity index is 1580. The topological polar surface area (TPSA) is 135 Å². The van der Waals surface area contributed by atoms with Gasteiger partial charge in [0.2, 0.25) is 26.0 Å². The fraction of sp³-hybridized carbons (Fsp3) is 0.167. The lowest BCUT2D eigenvalue weighted by Gasteiger charge is -2.32. The van der Waals surface area contributed by atoms with Crippen LogP contribution >= 0.6 is 23.2 Å². The second-order valence-electron chi connectivity index (χ2n) is 8.32. The minimum atomic E-state index is -4.45. The molecule has 0 saturated carbocycles. The molecule has 0 bridgehead atoms. The summed E-state index contributed by atoms with van der Waals surface area (Å²) >= 11 is 12.3. The largest absolute Gasteiger partial charge is 0.274 e. The number of primary sulfonamides is 1. The molecule has 0 spiro atoms. The van der Waals surface area contributed by atoms with Gasteiger partial charge in [-0.25, -0.2) is 26.9 Å². The van der Waals surface area contributed by atoms with Crippen molar-refractivity contribution in [1.29, 1.82) is 0 Å². The molecule has 4 rings (SSSR count). The normalized spacial score (nSPS) is 17.4. The van der Waals surface area contributed by atoms with Crippen molar-refractivity contribution in [1.82, 2.24) is 4.31 Å². The predicted octanol–water partition coefficient (Wildman–Crippen LogP) is 3.72. The first-order valence-corrected chi connectivity index (χ1v) is 14.6. The van der Waals surface area contributed by atoms with E-state index >= 15 is 0 Å². The van der Waals surface area contributed by atoms with Crippen LogP contribution in [0.25, 0.3) is 0 Å². The lowest BCUT2D eigenvalue weighted by molar-refractivity contribution is -0.122. The van der Waals surface area contributed by atoms with Crippen LogP contribution in [0.15, 0.2) is 82.6 Å². The summed E-state index contributed by atoms with van der Waals surface area (Å²) in [4.78, 5) is 26.9. The van der Waals surface area contributed by atoms with Crippen molar-refractivity contribution in [3.63, 3.8) is 0 Å². The number of imide groups is 1. The number of anilines is 1. The predicted molar refractivity (Wildman–Crippen MR) is 139 cm³/mol. The van der Waals surface area contributed by atoms with Crippen molar-refractivity contribution in [2.75, 3.05) is 4.90 Å². The average Bonchev–Trinajstić information content (AvgIpc) is 3.13. The van der Waals surface area contributed by atoms with Crippen LogP contribution in [0.5, 0.6) is 0 Å². The van der Waals surface area contributed by atoms with Crippen molar-refractivity contribution in [2.24, 2.45) is 5.14 Å². The van der Waals surface area contributed by atoms with Gasteiger partial charge in [-0.2, -0.15) is 4.31 Å². The van der Waals surface area contributed by atoms with E-state index in [0.29, 0.717) is 5.56 Å². The second-order valence-corrected chi connectivity index (χ2v) is 12.5. The molecule has 2 unspecified atom stereocenters. The Morgan fingerprint density at radius 2 is 1.57 bits per heavy atom. The van der Waals surface area contributed by atoms with Crippen molar-refractivity contribution < 1.29 is 26.4 Å². The molecular formula is C24H21Cl2N3O6S2. The van der Waals surface area contributed by atoms with Gasteiger partial charge in [-0.05, 0) is 55.0 Å². The van der Waals surface area contributed by atoms with Crippen LogP contribution in [0.2, 0.25) is 10.0 Å². The number of nitrogens with zero attached hydrogens (tertiary/aromatic N) is 2. The van der Waals surface area contributed by atoms with E-state index in [4.69, 9.17) is 28.3 Å². The van der Waals surface area contributed by atoms with Crippen molar-refractivity contribution >= 4 is 60.8 Å². The minimum Gasteiger partial charge on any atom is -0.274 e. The highest BCUT2D eigenvalue weighted by atomic mass is 35.5. The van der Waals surface area contributed by atoms with E-state index in [1.807, 2.05) is 0 Å². The molecule has 2 atom stereocenters. The first-order chi connectivity index (χ1) is 17.3. The van der Waals surface area contributed by atoms with Crippen molar-refractivity contribution in [3.8, 4) is 0 Å². The van der Waals surface area contributed by atoms with Crippen LogP contribution in [-0.4, -0.2) is 39.0 Å². The van der Waals surface area contributed by atoms with Gasteiger partial charge in [0.05, 0.1) is 22.0 Å². The molecule has 0 radical (unpaired) electrons. The number of amides is 2. The van der Waals surface area contributed by atoms with E-state index in [9.17, 15) is 26.4 Å². The third kappa shape index (κ3) is 5.28. The lowest BCUT2D eigenvalue weighted by atomic mass is 10.1. The molecule has 3 aromatic rings. The zero-order chi connectivity index (χ0) is 27.1. The smallest absolute Gasteiger partial charge is 0.252 e. The average molecular weight is 582 g/mol. The Balaban J connectivity index is 1.81. The number of rotatable bonds is 7. The molecular weight excluding hydrogens is 561 g/mol. The maximum absolute atomic E-state index is 14.0. The van der Waals surface area contributed by atoms with Crippen molar-refractivity contribution in [2.45, 2.75) is 35.2 Å². The summed E-state index contributed by atoms with van der Waals surface area (Å²) in [6.45, 7) is 1.60. The molecule has 1 fully saturated rings. The summed E-state index contributed by atoms with van der Waals surface area (Å²) in [5, 5.41) is 5.15. The summed E-state index contributed by atoms with van der Waals surface area (Å²) in [7, 11) is -8.44. The first kappa shape index (κ1) is 27.2. The number of nitrogens with two attached hydrogens (primary N) is 1. The number of benzene rings is 3. The maximum atomic E-state index is 14.0. The molecule has 194 valence electrons. The molecule has 2 N–H and O–H groups in total. The third-order valence-electron chi connectivity index (χ3n) is 5.97. The Morgan fingerprint density at radius 3 is 2.16 bits per heavy atom. The van der Waals surface area contributed by atoms with Gasteiger partial charge >= 0.3 is 0 Å². The summed E-state index contributed by atoms with van der Waals surface area (Å²) in [6, 6.07) is 15.1. The molecule has 1 aliphatic rings. The summed E-state index contributed by atoms with van der Waals surface area (Å²) in [5.41, 5.74) is 0.663. The van der Waals surface area contributed by atoms with Crippen LogP contribution in [0.4, 0.5) is 5.69 Å². The quantitative estimate of drug-likeness (QED) is 0.422. The molecule has 13 heteroatoms. The van der Waals surface area contributed by atoms with Gasteiger partial charge in [0.15, 0.2) is 0 Å². The van der Waals surface area contributed by atoms with E-state index in [-0.39, 0.29) is 25.5 Å². The summed E-state index contributed by atoms with van der Waals surface area (Å²) in [6.07, 6.45) is -0.440. The molecule has 3 aromatic carbocycles. The molecule has 2 amide bonds. The van der Waals surface area contributed by atoms with E-state index in [2.05, 4.69) is 0 Å². The lowest BCUT2D eigenvalue weighted by Crippen LogP contribution is -2.46. The minimum absolute atomic E-state index is 0.0791. The molecule has 1 heterocycles. The van der Waals surface area contributed by atoms with Gasteiger partial charge in [0.25, 0.3) is 5.91 Å². The van der Waals surface area contributed by atoms with E-state index in [1.54, 1.807) is 37.3 Å². The molecule has 0 aliphatic carbocycles. The highest BCUT2D eigenvalue weighted by Crippen LogP contribution is 2.38. The van der Waals surface area contributed by atoms with Gasteiger partial charge in [0.1, 0.15) is 10.9 Å². The van der Waals surface area contributed by atoms with Gasteiger partial charge in [0, 0.05) is 11.1 Å². The first-order valence-electron chi connectivity index (χ1n) is 10.9. The second kappa shape index (κ2) is 10.2. The molecule has 1 aliphatic heterocycles. The number of carbonyl (C=O) groups is 2. The molecule has 0 aromatic heterocycles. The van der Waals surface area contributed by atoms with E-state index < -0.39 is 50.4 Å². The highest BCUT2D eigenvalue weighted by Gasteiger charge is 2.49. The Morgan fingerprint density at radius 1 is 0.946 bits per heavy atom. The number of carbonyl (C=O) groups excluding carboxylic acids is 2. The zero-order valence-corrected chi connectivity index (χ0v) is 22.4. The van der Waals surface area contributed by atoms with Gasteiger partial charge < -0.3 is 0 Å². The summed E-state index contributed by atoms with van der Waals surface area (Å²) in [5.74, 6) is -1.45. The number of hydrogen-bond donors (Lipinski definition) is 1. The SMILES string of the molecule is CC(c1ccccc1)N(C1CC(=O)N(c2ccc(S(N)(=O)=O)cc2)C1=O)S(=O)(=O)c1cc(Cl)ccc1Cl. The Kier molecular flexibility index (Phi) is 7.48. The fourth-order valence-electron chi connectivity index (χ4n) is 4.18. The van der Waals surface area contributed by atoms with Crippen LogP contribution in [0.1, 0.15) is 24.9 Å². The molecule has 37 heavy (non-hydrogen) atoms. The fourth-order valence-corrected chi connectivity index (χ4v) is 7.20. The van der Waals surface area contributed by atoms with Crippen LogP contribution in [0, 0.1) is 0 Å². The zero-order valence-electron chi connectivity index (χ0n) is 19.3. The third-order valence-corrected chi connectivity index (χ3v) is 9.59. The number of halogens is 2. The van der Waals surface area contributed by atoms with E-state index in [1.165, 1.54) is 30.3 Å². The van der Waals surface area contributed by atoms with Gasteiger partial charge in [-0.1, -0.05) is 53.5 Å². The maximum Gasteiger partial charge on any atom is 0.252 e. The Hall–Kier alpha value is -2.80. The van der Waals surface area contributed by atoms with Crippen molar-refractivity contribution in [3.05, 3.63) is 88.4 Å². The standard InChI is InChI=1S/C24H21Cl2N3O6S2/c1-15(16-5-3-2-4-6-16)29(37(34,35)22-13-17(25)7-12-20(22)26)21-14-23(30)28(24(21)31)18-8-10-19(11-9-18)36(27,32)33/h2-13,15,21H,14H2,1H3,(H2,27,32,33). The van der Waals surface area contributed by atoms with Crippen LogP contribution < -0.4 is 10.0 Å². The summed E-state index contributed by atoms with van der Waals surface area (Å²) < 4.78 is 52.1. The monoisotopic (exact) mass is 581 g/mol. The van der Waals surface area contributed by atoms with Gasteiger partial charge in [-0.3, -0.25) is 9.59 Å². The highest BCUT2D eigenvalue weighted by molar-refractivity contribution is 7.89. The van der Waals surface area contributed by atoms with Gasteiger partial charge in [-0.15, -0.1) is 0 Å². The number of hydrogen-bond acceptors (Lipinski definition) is 6. The molecule has 9 nitrogen and oxygen atoms in total. The number of sulfonamides is 2.